The predicted molar refractivity (Wildman–Crippen MR) is 120 cm³/mol. The smallest absolute Gasteiger partial charge is 0.338 e. The Morgan fingerprint density at radius 1 is 0.800 bits per heavy atom. The van der Waals surface area contributed by atoms with E-state index in [1.54, 1.807) is 12.1 Å². The van der Waals surface area contributed by atoms with E-state index in [9.17, 15) is 9.59 Å². The van der Waals surface area contributed by atoms with Crippen molar-refractivity contribution in [1.29, 1.82) is 0 Å². The van der Waals surface area contributed by atoms with Crippen LogP contribution in [0.25, 0.3) is 11.1 Å². The molecule has 0 fully saturated rings. The first-order valence-electron chi connectivity index (χ1n) is 11.1. The molecule has 0 N–H and O–H groups in total. The van der Waals surface area contributed by atoms with E-state index in [1.165, 1.54) is 39.0 Å². The normalized spacial score (nSPS) is 11.7. The van der Waals surface area contributed by atoms with Crippen molar-refractivity contribution in [2.75, 3.05) is 6.61 Å². The van der Waals surface area contributed by atoms with Gasteiger partial charge in [0, 0.05) is 6.92 Å². The molecule has 0 amide bonds. The Morgan fingerprint density at radius 2 is 1.33 bits per heavy atom. The summed E-state index contributed by atoms with van der Waals surface area (Å²) in [5, 5.41) is 0. The van der Waals surface area contributed by atoms with Crippen LogP contribution < -0.4 is 0 Å². The van der Waals surface area contributed by atoms with Gasteiger partial charge in [-0.05, 0) is 42.2 Å². The van der Waals surface area contributed by atoms with Crippen molar-refractivity contribution in [3.05, 3.63) is 59.7 Å². The van der Waals surface area contributed by atoms with Crippen LogP contribution in [0.4, 0.5) is 0 Å². The van der Waals surface area contributed by atoms with Gasteiger partial charge in [0.25, 0.3) is 0 Å². The van der Waals surface area contributed by atoms with E-state index < -0.39 is 0 Å². The van der Waals surface area contributed by atoms with E-state index in [-0.39, 0.29) is 18.0 Å². The molecule has 0 spiro atoms. The zero-order chi connectivity index (χ0) is 21.8. The molecule has 162 valence electrons. The minimum atomic E-state index is -0.291. The third-order valence-corrected chi connectivity index (χ3v) is 5.16. The van der Waals surface area contributed by atoms with Gasteiger partial charge in [0.2, 0.25) is 0 Å². The Morgan fingerprint density at radius 3 is 1.90 bits per heavy atom. The summed E-state index contributed by atoms with van der Waals surface area (Å²) >= 11 is 0. The molecule has 0 saturated heterocycles. The summed E-state index contributed by atoms with van der Waals surface area (Å²) in [6, 6.07) is 15.3. The van der Waals surface area contributed by atoms with Crippen molar-refractivity contribution in [3.63, 3.8) is 0 Å². The van der Waals surface area contributed by atoms with Crippen LogP contribution in [-0.4, -0.2) is 18.5 Å². The standard InChI is InChI=1S/C26H34O4/c1-4-5-6-7-8-9-10-19-29-26(28)25-17-15-24(16-18-25)23-13-11-22(12-14-23)20(2)30-21(3)27/h11-18,20H,4-10,19H2,1-3H3. The third kappa shape index (κ3) is 8.02. The number of unbranched alkanes of at least 4 members (excludes halogenated alkanes) is 6. The van der Waals surface area contributed by atoms with Crippen molar-refractivity contribution in [3.8, 4) is 11.1 Å². The summed E-state index contributed by atoms with van der Waals surface area (Å²) in [5.74, 6) is -0.556. The molecule has 4 heteroatoms. The van der Waals surface area contributed by atoms with E-state index in [0.717, 1.165) is 29.5 Å². The van der Waals surface area contributed by atoms with E-state index in [4.69, 9.17) is 9.47 Å². The van der Waals surface area contributed by atoms with Crippen LogP contribution in [0.2, 0.25) is 0 Å². The number of hydrogen-bond donors (Lipinski definition) is 0. The lowest BCUT2D eigenvalue weighted by atomic mass is 10.0. The van der Waals surface area contributed by atoms with E-state index >= 15 is 0 Å². The van der Waals surface area contributed by atoms with Crippen molar-refractivity contribution in [2.24, 2.45) is 0 Å². The monoisotopic (exact) mass is 410 g/mol. The minimum absolute atomic E-state index is 0.266. The molecule has 0 saturated carbocycles. The first-order valence-corrected chi connectivity index (χ1v) is 11.1. The summed E-state index contributed by atoms with van der Waals surface area (Å²) in [7, 11) is 0. The van der Waals surface area contributed by atoms with Crippen LogP contribution in [0.3, 0.4) is 0 Å². The number of carbonyl (C=O) groups is 2. The zero-order valence-corrected chi connectivity index (χ0v) is 18.5. The maximum atomic E-state index is 12.2. The molecule has 4 nitrogen and oxygen atoms in total. The molecule has 0 bridgehead atoms. The SMILES string of the molecule is CCCCCCCCCOC(=O)c1ccc(-c2ccc(C(C)OC(C)=O)cc2)cc1. The van der Waals surface area contributed by atoms with Crippen LogP contribution in [0.1, 0.15) is 87.7 Å². The van der Waals surface area contributed by atoms with Gasteiger partial charge in [-0.3, -0.25) is 4.79 Å². The fraction of sp³-hybridized carbons (Fsp3) is 0.462. The first kappa shape index (κ1) is 23.7. The van der Waals surface area contributed by atoms with Crippen LogP contribution in [-0.2, 0) is 14.3 Å². The Hall–Kier alpha value is -2.62. The Bertz CT molecular complexity index is 778. The second kappa shape index (κ2) is 12.8. The fourth-order valence-electron chi connectivity index (χ4n) is 3.37. The molecular formula is C26H34O4. The second-order valence-electron chi connectivity index (χ2n) is 7.71. The molecule has 2 rings (SSSR count). The second-order valence-corrected chi connectivity index (χ2v) is 7.71. The van der Waals surface area contributed by atoms with Gasteiger partial charge in [-0.15, -0.1) is 0 Å². The fourth-order valence-corrected chi connectivity index (χ4v) is 3.37. The number of benzene rings is 2. The van der Waals surface area contributed by atoms with Gasteiger partial charge in [0.15, 0.2) is 0 Å². The van der Waals surface area contributed by atoms with Gasteiger partial charge >= 0.3 is 11.9 Å². The lowest BCUT2D eigenvalue weighted by molar-refractivity contribution is -0.145. The van der Waals surface area contributed by atoms with Gasteiger partial charge in [-0.1, -0.05) is 81.8 Å². The predicted octanol–water partition coefficient (Wildman–Crippen LogP) is 6.89. The highest BCUT2D eigenvalue weighted by molar-refractivity contribution is 5.90. The summed E-state index contributed by atoms with van der Waals surface area (Å²) in [5.41, 5.74) is 3.57. The minimum Gasteiger partial charge on any atom is -0.462 e. The van der Waals surface area contributed by atoms with Crippen LogP contribution in [0, 0.1) is 0 Å². The largest absolute Gasteiger partial charge is 0.462 e. The molecule has 2 aromatic rings. The molecule has 30 heavy (non-hydrogen) atoms. The average molecular weight is 411 g/mol. The molecule has 0 radical (unpaired) electrons. The van der Waals surface area contributed by atoms with Gasteiger partial charge in [-0.2, -0.15) is 0 Å². The highest BCUT2D eigenvalue weighted by Gasteiger charge is 2.10. The first-order chi connectivity index (χ1) is 14.5. The van der Waals surface area contributed by atoms with Gasteiger partial charge in [0.1, 0.15) is 6.10 Å². The summed E-state index contributed by atoms with van der Waals surface area (Å²) in [6.07, 6.45) is 8.12. The number of carbonyl (C=O) groups excluding carboxylic acids is 2. The van der Waals surface area contributed by atoms with E-state index in [2.05, 4.69) is 6.92 Å². The van der Waals surface area contributed by atoms with E-state index in [1.807, 2.05) is 43.3 Å². The van der Waals surface area contributed by atoms with Gasteiger partial charge < -0.3 is 9.47 Å². The number of ether oxygens (including phenoxy) is 2. The Kier molecular flexibility index (Phi) is 10.1. The number of rotatable bonds is 12. The molecule has 2 aromatic carbocycles. The molecule has 0 aliphatic carbocycles. The zero-order valence-electron chi connectivity index (χ0n) is 18.5. The lowest BCUT2D eigenvalue weighted by Gasteiger charge is -2.12. The van der Waals surface area contributed by atoms with Crippen LogP contribution in [0.5, 0.6) is 0 Å². The Labute approximate surface area is 180 Å². The summed E-state index contributed by atoms with van der Waals surface area (Å²) in [6.45, 7) is 5.96. The molecule has 1 atom stereocenters. The van der Waals surface area contributed by atoms with Crippen molar-refractivity contribution in [2.45, 2.75) is 71.8 Å². The lowest BCUT2D eigenvalue weighted by Crippen LogP contribution is -2.06. The summed E-state index contributed by atoms with van der Waals surface area (Å²) < 4.78 is 10.6. The topological polar surface area (TPSA) is 52.6 Å². The highest BCUT2D eigenvalue weighted by atomic mass is 16.5. The maximum Gasteiger partial charge on any atom is 0.338 e. The number of hydrogen-bond acceptors (Lipinski definition) is 4. The van der Waals surface area contributed by atoms with E-state index in [0.29, 0.717) is 12.2 Å². The van der Waals surface area contributed by atoms with Gasteiger partial charge in [0.05, 0.1) is 12.2 Å². The van der Waals surface area contributed by atoms with Crippen molar-refractivity contribution in [1.82, 2.24) is 0 Å². The molecule has 0 aromatic heterocycles. The Balaban J connectivity index is 1.80. The maximum absolute atomic E-state index is 12.2. The molecule has 0 heterocycles. The van der Waals surface area contributed by atoms with Gasteiger partial charge in [-0.25, -0.2) is 4.79 Å². The quantitative estimate of drug-likeness (QED) is 0.282. The third-order valence-electron chi connectivity index (χ3n) is 5.16. The van der Waals surface area contributed by atoms with Crippen molar-refractivity contribution < 1.29 is 19.1 Å². The summed E-state index contributed by atoms with van der Waals surface area (Å²) in [4.78, 5) is 23.3. The molecule has 1 unspecified atom stereocenters. The highest BCUT2D eigenvalue weighted by Crippen LogP contribution is 2.24. The van der Waals surface area contributed by atoms with Crippen molar-refractivity contribution >= 4 is 11.9 Å². The number of esters is 2. The van der Waals surface area contributed by atoms with Crippen LogP contribution >= 0.6 is 0 Å². The van der Waals surface area contributed by atoms with Crippen LogP contribution in [0.15, 0.2) is 48.5 Å². The molecule has 0 aliphatic heterocycles. The molecule has 0 aliphatic rings. The average Bonchev–Trinajstić information content (AvgIpc) is 2.75. The molecular weight excluding hydrogens is 376 g/mol.